The Kier molecular flexibility index (Phi) is 3.88. The number of nitrogens with zero attached hydrogens (tertiary/aromatic N) is 4. The van der Waals surface area contributed by atoms with Gasteiger partial charge in [0.05, 0.1) is 5.69 Å². The second-order valence-electron chi connectivity index (χ2n) is 7.30. The summed E-state index contributed by atoms with van der Waals surface area (Å²) in [7, 11) is 0. The topological polar surface area (TPSA) is 55.6 Å². The molecule has 1 saturated carbocycles. The summed E-state index contributed by atoms with van der Waals surface area (Å²) in [5.41, 5.74) is 1.98. The minimum absolute atomic E-state index is 0.222. The molecule has 1 unspecified atom stereocenters. The smallest absolute Gasteiger partial charge is 0.135 e. The number of imidazole rings is 1. The van der Waals surface area contributed by atoms with Crippen LogP contribution in [0.1, 0.15) is 36.7 Å². The van der Waals surface area contributed by atoms with Crippen LogP contribution in [0.4, 0.5) is 14.6 Å². The van der Waals surface area contributed by atoms with Crippen LogP contribution >= 0.6 is 0 Å². The second kappa shape index (κ2) is 6.40. The summed E-state index contributed by atoms with van der Waals surface area (Å²) >= 11 is 0. The van der Waals surface area contributed by atoms with Crippen LogP contribution in [0.3, 0.4) is 0 Å². The Morgan fingerprint density at radius 1 is 1.07 bits per heavy atom. The molecule has 0 spiro atoms. The molecule has 138 valence electrons. The maximum atomic E-state index is 14.1. The van der Waals surface area contributed by atoms with Gasteiger partial charge in [0, 0.05) is 54.5 Å². The van der Waals surface area contributed by atoms with Crippen molar-refractivity contribution < 1.29 is 8.78 Å². The molecule has 3 aromatic rings. The predicted octanol–water partition coefficient (Wildman–Crippen LogP) is 3.92. The van der Waals surface area contributed by atoms with E-state index in [0.29, 0.717) is 17.2 Å². The predicted molar refractivity (Wildman–Crippen MR) is 97.3 cm³/mol. The Balaban J connectivity index is 1.34. The molecule has 27 heavy (non-hydrogen) atoms. The average Bonchev–Trinajstić information content (AvgIpc) is 3.42. The first-order valence-electron chi connectivity index (χ1n) is 9.25. The number of halogens is 2. The summed E-state index contributed by atoms with van der Waals surface area (Å²) in [6, 6.07) is 5.85. The highest BCUT2D eigenvalue weighted by atomic mass is 19.1. The molecule has 1 fully saturated rings. The first kappa shape index (κ1) is 16.4. The number of anilines is 1. The molecule has 1 aliphatic heterocycles. The van der Waals surface area contributed by atoms with Crippen molar-refractivity contribution in [3.8, 4) is 11.3 Å². The molecule has 0 bridgehead atoms. The molecule has 2 aliphatic rings. The third kappa shape index (κ3) is 3.29. The standard InChI is InChI=1S/C20H19F2N5/c21-13-3-5-15(16(22)7-13)18-10-27-9-14(4-6-20(27)26-18)25-19-8-17(12-1-2-12)23-11-24-19/h3,5,7-8,10-12,14H,1-2,4,6,9H2,(H,23,24,25). The number of benzene rings is 1. The number of aromatic nitrogens is 4. The van der Waals surface area contributed by atoms with Crippen molar-refractivity contribution in [1.29, 1.82) is 0 Å². The van der Waals surface area contributed by atoms with Crippen LogP contribution in [0.5, 0.6) is 0 Å². The van der Waals surface area contributed by atoms with Gasteiger partial charge in [0.2, 0.25) is 0 Å². The van der Waals surface area contributed by atoms with E-state index in [2.05, 4.69) is 20.3 Å². The normalized spacial score (nSPS) is 19.0. The van der Waals surface area contributed by atoms with Gasteiger partial charge in [0.1, 0.15) is 29.6 Å². The molecule has 0 radical (unpaired) electrons. The monoisotopic (exact) mass is 367 g/mol. The van der Waals surface area contributed by atoms with Crippen LogP contribution in [0.2, 0.25) is 0 Å². The molecule has 1 N–H and O–H groups in total. The van der Waals surface area contributed by atoms with Crippen LogP contribution in [-0.2, 0) is 13.0 Å². The zero-order valence-corrected chi connectivity index (χ0v) is 14.7. The van der Waals surface area contributed by atoms with Crippen molar-refractivity contribution in [3.63, 3.8) is 0 Å². The first-order valence-corrected chi connectivity index (χ1v) is 9.25. The van der Waals surface area contributed by atoms with Gasteiger partial charge >= 0.3 is 0 Å². The van der Waals surface area contributed by atoms with Crippen LogP contribution in [0, 0.1) is 11.6 Å². The highest BCUT2D eigenvalue weighted by Gasteiger charge is 2.26. The summed E-state index contributed by atoms with van der Waals surface area (Å²) in [6.07, 6.45) is 7.60. The lowest BCUT2D eigenvalue weighted by molar-refractivity contribution is 0.475. The Labute approximate surface area is 155 Å². The first-order chi connectivity index (χ1) is 13.2. The number of aryl methyl sites for hydroxylation is 1. The van der Waals surface area contributed by atoms with E-state index < -0.39 is 11.6 Å². The SMILES string of the molecule is Fc1ccc(-c2cn3c(n2)CCC(Nc2cc(C4CC4)ncn2)C3)c(F)c1. The van der Waals surface area contributed by atoms with E-state index in [1.807, 2.05) is 16.8 Å². The largest absolute Gasteiger partial charge is 0.365 e. The molecule has 3 heterocycles. The van der Waals surface area contributed by atoms with Gasteiger partial charge in [0.25, 0.3) is 0 Å². The molecule has 1 aliphatic carbocycles. The van der Waals surface area contributed by atoms with Gasteiger partial charge in [-0.2, -0.15) is 0 Å². The zero-order chi connectivity index (χ0) is 18.4. The van der Waals surface area contributed by atoms with E-state index in [4.69, 9.17) is 0 Å². The van der Waals surface area contributed by atoms with Crippen molar-refractivity contribution >= 4 is 5.82 Å². The molecule has 1 atom stereocenters. The number of rotatable bonds is 4. The minimum Gasteiger partial charge on any atom is -0.365 e. The van der Waals surface area contributed by atoms with E-state index in [-0.39, 0.29) is 6.04 Å². The number of hydrogen-bond donors (Lipinski definition) is 1. The second-order valence-corrected chi connectivity index (χ2v) is 7.30. The molecule has 0 saturated heterocycles. The van der Waals surface area contributed by atoms with Gasteiger partial charge < -0.3 is 9.88 Å². The lowest BCUT2D eigenvalue weighted by Crippen LogP contribution is -2.31. The van der Waals surface area contributed by atoms with E-state index in [9.17, 15) is 8.78 Å². The summed E-state index contributed by atoms with van der Waals surface area (Å²) < 4.78 is 29.2. The lowest BCUT2D eigenvalue weighted by Gasteiger charge is -2.25. The summed E-state index contributed by atoms with van der Waals surface area (Å²) in [6.45, 7) is 0.730. The van der Waals surface area contributed by atoms with Crippen molar-refractivity contribution in [2.75, 3.05) is 5.32 Å². The van der Waals surface area contributed by atoms with Crippen LogP contribution in [-0.4, -0.2) is 25.6 Å². The van der Waals surface area contributed by atoms with Crippen LogP contribution in [0.25, 0.3) is 11.3 Å². The Bertz CT molecular complexity index is 996. The maximum Gasteiger partial charge on any atom is 0.135 e. The molecule has 1 aromatic carbocycles. The number of nitrogens with one attached hydrogen (secondary N) is 1. The maximum absolute atomic E-state index is 14.1. The Hall–Kier alpha value is -2.83. The summed E-state index contributed by atoms with van der Waals surface area (Å²) in [5, 5.41) is 3.49. The minimum atomic E-state index is -0.589. The summed E-state index contributed by atoms with van der Waals surface area (Å²) in [5.74, 6) is 1.19. The fourth-order valence-corrected chi connectivity index (χ4v) is 3.65. The third-order valence-electron chi connectivity index (χ3n) is 5.24. The van der Waals surface area contributed by atoms with Gasteiger partial charge in [-0.05, 0) is 31.4 Å². The quantitative estimate of drug-likeness (QED) is 0.759. The fourth-order valence-electron chi connectivity index (χ4n) is 3.65. The molecule has 5 rings (SSSR count). The molecule has 5 nitrogen and oxygen atoms in total. The van der Waals surface area contributed by atoms with Gasteiger partial charge in [-0.25, -0.2) is 23.7 Å². The van der Waals surface area contributed by atoms with Crippen molar-refractivity contribution in [2.24, 2.45) is 0 Å². The Morgan fingerprint density at radius 3 is 2.78 bits per heavy atom. The van der Waals surface area contributed by atoms with E-state index in [1.54, 1.807) is 6.33 Å². The van der Waals surface area contributed by atoms with Crippen molar-refractivity contribution in [3.05, 3.63) is 59.9 Å². The van der Waals surface area contributed by atoms with Gasteiger partial charge in [-0.3, -0.25) is 0 Å². The third-order valence-corrected chi connectivity index (χ3v) is 5.24. The Morgan fingerprint density at radius 2 is 1.96 bits per heavy atom. The molecule has 2 aromatic heterocycles. The van der Waals surface area contributed by atoms with Crippen molar-refractivity contribution in [2.45, 2.75) is 44.2 Å². The molecule has 7 heteroatoms. The molecular weight excluding hydrogens is 348 g/mol. The number of hydrogen-bond acceptors (Lipinski definition) is 4. The van der Waals surface area contributed by atoms with Crippen LogP contribution < -0.4 is 5.32 Å². The lowest BCUT2D eigenvalue weighted by atomic mass is 10.1. The zero-order valence-electron chi connectivity index (χ0n) is 14.7. The van der Waals surface area contributed by atoms with Gasteiger partial charge in [0.15, 0.2) is 0 Å². The fraction of sp³-hybridized carbons (Fsp3) is 0.350. The average molecular weight is 367 g/mol. The number of fused-ring (bicyclic) bond motifs is 1. The van der Waals surface area contributed by atoms with E-state index in [1.165, 1.54) is 25.0 Å². The van der Waals surface area contributed by atoms with Gasteiger partial charge in [-0.1, -0.05) is 0 Å². The molecule has 0 amide bonds. The van der Waals surface area contributed by atoms with Crippen molar-refractivity contribution in [1.82, 2.24) is 19.5 Å². The summed E-state index contributed by atoms with van der Waals surface area (Å²) in [4.78, 5) is 13.2. The van der Waals surface area contributed by atoms with Gasteiger partial charge in [-0.15, -0.1) is 0 Å². The molecular formula is C20H19F2N5. The van der Waals surface area contributed by atoms with E-state index in [0.717, 1.165) is 42.8 Å². The highest BCUT2D eigenvalue weighted by Crippen LogP contribution is 2.39. The van der Waals surface area contributed by atoms with E-state index >= 15 is 0 Å². The van der Waals surface area contributed by atoms with Crippen LogP contribution in [0.15, 0.2) is 36.8 Å². The highest BCUT2D eigenvalue weighted by molar-refractivity contribution is 5.59.